The summed E-state index contributed by atoms with van der Waals surface area (Å²) in [6, 6.07) is 7.80. The lowest BCUT2D eigenvalue weighted by atomic mass is 9.84. The number of aryl methyl sites for hydroxylation is 2. The molecule has 0 bridgehead atoms. The SMILES string of the molecule is Cc1noc(C)c1-c1ccc2c(c1)C(NCCO)(c1ccsc1)C(=O)N2. The van der Waals surface area contributed by atoms with Gasteiger partial charge in [0.1, 0.15) is 5.76 Å². The van der Waals surface area contributed by atoms with Crippen LogP contribution in [0.1, 0.15) is 22.6 Å². The zero-order valence-electron chi connectivity index (χ0n) is 14.5. The second-order valence-electron chi connectivity index (χ2n) is 6.33. The van der Waals surface area contributed by atoms with E-state index in [2.05, 4.69) is 15.8 Å². The van der Waals surface area contributed by atoms with Crippen LogP contribution in [0.5, 0.6) is 0 Å². The van der Waals surface area contributed by atoms with Gasteiger partial charge in [-0.15, -0.1) is 0 Å². The van der Waals surface area contributed by atoms with Crippen molar-refractivity contribution in [2.75, 3.05) is 18.5 Å². The molecule has 3 N–H and O–H groups in total. The lowest BCUT2D eigenvalue weighted by Gasteiger charge is -2.28. The van der Waals surface area contributed by atoms with Crippen LogP contribution in [0.2, 0.25) is 0 Å². The third-order valence-corrected chi connectivity index (χ3v) is 5.47. The van der Waals surface area contributed by atoms with Gasteiger partial charge in [0, 0.05) is 23.4 Å². The predicted molar refractivity (Wildman–Crippen MR) is 100 cm³/mol. The highest BCUT2D eigenvalue weighted by atomic mass is 32.1. The van der Waals surface area contributed by atoms with E-state index in [1.807, 2.05) is 48.9 Å². The molecule has 1 unspecified atom stereocenters. The molecule has 26 heavy (non-hydrogen) atoms. The smallest absolute Gasteiger partial charge is 0.254 e. The number of carbonyl (C=O) groups excluding carboxylic acids is 1. The number of benzene rings is 1. The van der Waals surface area contributed by atoms with Gasteiger partial charge in [-0.25, -0.2) is 0 Å². The summed E-state index contributed by atoms with van der Waals surface area (Å²) in [5, 5.41) is 23.5. The molecule has 6 nitrogen and oxygen atoms in total. The molecule has 1 amide bonds. The Hall–Kier alpha value is -2.48. The fourth-order valence-electron chi connectivity index (χ4n) is 3.64. The molecule has 0 saturated carbocycles. The van der Waals surface area contributed by atoms with Gasteiger partial charge in [0.05, 0.1) is 12.3 Å². The van der Waals surface area contributed by atoms with Crippen molar-refractivity contribution in [1.29, 1.82) is 0 Å². The highest BCUT2D eigenvalue weighted by molar-refractivity contribution is 7.08. The summed E-state index contributed by atoms with van der Waals surface area (Å²) in [5.74, 6) is 0.597. The molecule has 1 atom stereocenters. The Morgan fingerprint density at radius 2 is 2.19 bits per heavy atom. The summed E-state index contributed by atoms with van der Waals surface area (Å²) in [5.41, 5.74) is 4.14. The maximum absolute atomic E-state index is 13.0. The van der Waals surface area contributed by atoms with E-state index in [1.54, 1.807) is 0 Å². The first kappa shape index (κ1) is 17.0. The summed E-state index contributed by atoms with van der Waals surface area (Å²) in [6.07, 6.45) is 0. The minimum Gasteiger partial charge on any atom is -0.395 e. The van der Waals surface area contributed by atoms with Crippen molar-refractivity contribution in [2.45, 2.75) is 19.4 Å². The number of amides is 1. The lowest BCUT2D eigenvalue weighted by molar-refractivity contribution is -0.120. The number of thiophene rings is 1. The molecular formula is C19H19N3O3S. The van der Waals surface area contributed by atoms with Crippen molar-refractivity contribution in [2.24, 2.45) is 0 Å². The second kappa shape index (κ2) is 6.35. The largest absolute Gasteiger partial charge is 0.395 e. The molecule has 1 aromatic carbocycles. The summed E-state index contributed by atoms with van der Waals surface area (Å²) in [4.78, 5) is 13.0. The Labute approximate surface area is 154 Å². The van der Waals surface area contributed by atoms with E-state index in [4.69, 9.17) is 4.52 Å². The van der Waals surface area contributed by atoms with Gasteiger partial charge in [0.15, 0.2) is 5.54 Å². The normalized spacial score (nSPS) is 18.8. The van der Waals surface area contributed by atoms with E-state index in [0.717, 1.165) is 39.4 Å². The monoisotopic (exact) mass is 369 g/mol. The van der Waals surface area contributed by atoms with Crippen molar-refractivity contribution in [3.8, 4) is 11.1 Å². The molecule has 0 spiro atoms. The average Bonchev–Trinajstić information content (AvgIpc) is 3.33. The molecule has 0 saturated heterocycles. The molecule has 1 aliphatic heterocycles. The number of nitrogens with zero attached hydrogens (tertiary/aromatic N) is 1. The number of aliphatic hydroxyl groups is 1. The molecule has 0 aliphatic carbocycles. The zero-order valence-corrected chi connectivity index (χ0v) is 15.3. The highest BCUT2D eigenvalue weighted by Gasteiger charge is 2.48. The van der Waals surface area contributed by atoms with Gasteiger partial charge in [0.25, 0.3) is 5.91 Å². The quantitative estimate of drug-likeness (QED) is 0.644. The van der Waals surface area contributed by atoms with Gasteiger partial charge in [-0.05, 0) is 53.9 Å². The van der Waals surface area contributed by atoms with E-state index < -0.39 is 5.54 Å². The minimum atomic E-state index is -1.02. The molecule has 0 fully saturated rings. The fourth-order valence-corrected chi connectivity index (χ4v) is 4.34. The van der Waals surface area contributed by atoms with Crippen LogP contribution >= 0.6 is 11.3 Å². The Bertz CT molecular complexity index is 945. The molecule has 4 rings (SSSR count). The van der Waals surface area contributed by atoms with Gasteiger partial charge in [0.2, 0.25) is 0 Å². The van der Waals surface area contributed by atoms with Crippen molar-refractivity contribution >= 4 is 22.9 Å². The Kier molecular flexibility index (Phi) is 4.14. The molecule has 1 aliphatic rings. The van der Waals surface area contributed by atoms with Crippen molar-refractivity contribution in [3.63, 3.8) is 0 Å². The summed E-state index contributed by atoms with van der Waals surface area (Å²) >= 11 is 1.53. The maximum Gasteiger partial charge on any atom is 0.254 e. The van der Waals surface area contributed by atoms with E-state index in [0.29, 0.717) is 6.54 Å². The topological polar surface area (TPSA) is 87.4 Å². The van der Waals surface area contributed by atoms with Gasteiger partial charge in [-0.2, -0.15) is 11.3 Å². The van der Waals surface area contributed by atoms with Crippen LogP contribution in [0.3, 0.4) is 0 Å². The van der Waals surface area contributed by atoms with Gasteiger partial charge >= 0.3 is 0 Å². The average molecular weight is 369 g/mol. The first-order chi connectivity index (χ1) is 12.6. The predicted octanol–water partition coefficient (Wildman–Crippen LogP) is 2.80. The Morgan fingerprint density at radius 3 is 2.85 bits per heavy atom. The Balaban J connectivity index is 1.92. The third-order valence-electron chi connectivity index (χ3n) is 4.79. The van der Waals surface area contributed by atoms with Crippen LogP contribution in [0, 0.1) is 13.8 Å². The molecule has 134 valence electrons. The van der Waals surface area contributed by atoms with Crippen LogP contribution in [-0.2, 0) is 10.3 Å². The number of aromatic nitrogens is 1. The van der Waals surface area contributed by atoms with Gasteiger partial charge in [-0.3, -0.25) is 10.1 Å². The number of fused-ring (bicyclic) bond motifs is 1. The third kappa shape index (κ3) is 2.39. The van der Waals surface area contributed by atoms with Crippen LogP contribution in [0.25, 0.3) is 11.1 Å². The first-order valence-electron chi connectivity index (χ1n) is 8.35. The van der Waals surface area contributed by atoms with Crippen LogP contribution in [-0.4, -0.2) is 29.3 Å². The summed E-state index contributed by atoms with van der Waals surface area (Å²) in [7, 11) is 0. The van der Waals surface area contributed by atoms with Crippen LogP contribution in [0.4, 0.5) is 5.69 Å². The number of hydrogen-bond acceptors (Lipinski definition) is 6. The van der Waals surface area contributed by atoms with Gasteiger partial charge in [-0.1, -0.05) is 11.2 Å². The molecule has 7 heteroatoms. The molecule has 0 radical (unpaired) electrons. The summed E-state index contributed by atoms with van der Waals surface area (Å²) < 4.78 is 5.30. The maximum atomic E-state index is 13.0. The van der Waals surface area contributed by atoms with Crippen molar-refractivity contribution < 1.29 is 14.4 Å². The van der Waals surface area contributed by atoms with Crippen molar-refractivity contribution in [3.05, 3.63) is 57.6 Å². The molecular weight excluding hydrogens is 350 g/mol. The van der Waals surface area contributed by atoms with Crippen LogP contribution in [0.15, 0.2) is 39.5 Å². The Morgan fingerprint density at radius 1 is 1.35 bits per heavy atom. The van der Waals surface area contributed by atoms with Crippen LogP contribution < -0.4 is 10.6 Å². The highest BCUT2D eigenvalue weighted by Crippen LogP contribution is 2.44. The van der Waals surface area contributed by atoms with E-state index in [9.17, 15) is 9.90 Å². The molecule has 3 heterocycles. The number of rotatable bonds is 5. The first-order valence-corrected chi connectivity index (χ1v) is 9.30. The van der Waals surface area contributed by atoms with Crippen molar-refractivity contribution in [1.82, 2.24) is 10.5 Å². The molecule has 3 aromatic rings. The second-order valence-corrected chi connectivity index (χ2v) is 7.11. The summed E-state index contributed by atoms with van der Waals surface area (Å²) in [6.45, 7) is 4.02. The van der Waals surface area contributed by atoms with E-state index in [-0.39, 0.29) is 12.5 Å². The number of carbonyl (C=O) groups is 1. The number of anilines is 1. The number of aliphatic hydroxyl groups excluding tert-OH is 1. The van der Waals surface area contributed by atoms with Gasteiger partial charge < -0.3 is 14.9 Å². The van der Waals surface area contributed by atoms with E-state index in [1.165, 1.54) is 11.3 Å². The van der Waals surface area contributed by atoms with E-state index >= 15 is 0 Å². The fraction of sp³-hybridized carbons (Fsp3) is 0.263. The lowest BCUT2D eigenvalue weighted by Crippen LogP contribution is -2.49. The zero-order chi connectivity index (χ0) is 18.3. The standard InChI is InChI=1S/C19H19N3O3S/c1-11-17(12(2)25-22-11)13-3-4-16-15(9-13)19(18(24)21-16,20-6-7-23)14-5-8-26-10-14/h3-5,8-10,20,23H,6-7H2,1-2H3,(H,21,24). The molecule has 2 aromatic heterocycles. The number of nitrogens with one attached hydrogen (secondary N) is 2. The number of hydrogen-bond donors (Lipinski definition) is 3. The minimum absolute atomic E-state index is 0.0575.